The first-order valence-corrected chi connectivity index (χ1v) is 7.47. The number of anilines is 1. The SMILES string of the molecule is CCCCC[C@@H](N)c1ccc(N(CC)CC)cc1O.Cl. The van der Waals surface area contributed by atoms with Gasteiger partial charge in [-0.3, -0.25) is 0 Å². The van der Waals surface area contributed by atoms with E-state index < -0.39 is 0 Å². The summed E-state index contributed by atoms with van der Waals surface area (Å²) in [6, 6.07) is 5.81. The first-order valence-electron chi connectivity index (χ1n) is 7.47. The van der Waals surface area contributed by atoms with E-state index in [1.807, 2.05) is 12.1 Å². The molecule has 0 spiro atoms. The van der Waals surface area contributed by atoms with Gasteiger partial charge in [0.1, 0.15) is 5.75 Å². The van der Waals surface area contributed by atoms with E-state index in [9.17, 15) is 5.11 Å². The molecule has 3 N–H and O–H groups in total. The molecular formula is C16H29ClN2O. The molecule has 0 radical (unpaired) electrons. The highest BCUT2D eigenvalue weighted by Crippen LogP contribution is 2.30. The third kappa shape index (κ3) is 5.22. The van der Waals surface area contributed by atoms with Gasteiger partial charge in [0.25, 0.3) is 0 Å². The van der Waals surface area contributed by atoms with Crippen molar-refractivity contribution >= 4 is 18.1 Å². The zero-order valence-corrected chi connectivity index (χ0v) is 13.7. The summed E-state index contributed by atoms with van der Waals surface area (Å²) in [4.78, 5) is 2.21. The number of rotatable bonds is 8. The van der Waals surface area contributed by atoms with Crippen molar-refractivity contribution in [1.82, 2.24) is 0 Å². The summed E-state index contributed by atoms with van der Waals surface area (Å²) in [5, 5.41) is 10.2. The number of unbranched alkanes of at least 4 members (excludes halogenated alkanes) is 2. The Balaban J connectivity index is 0.00000361. The monoisotopic (exact) mass is 300 g/mol. The van der Waals surface area contributed by atoms with E-state index >= 15 is 0 Å². The Labute approximate surface area is 129 Å². The van der Waals surface area contributed by atoms with Crippen LogP contribution in [-0.2, 0) is 0 Å². The second-order valence-corrected chi connectivity index (χ2v) is 5.02. The number of halogens is 1. The summed E-state index contributed by atoms with van der Waals surface area (Å²) in [6.07, 6.45) is 4.45. The number of nitrogens with zero attached hydrogens (tertiary/aromatic N) is 1. The predicted molar refractivity (Wildman–Crippen MR) is 90.0 cm³/mol. The fourth-order valence-corrected chi connectivity index (χ4v) is 2.40. The summed E-state index contributed by atoms with van der Waals surface area (Å²) < 4.78 is 0. The second-order valence-electron chi connectivity index (χ2n) is 5.02. The van der Waals surface area contributed by atoms with Crippen molar-refractivity contribution in [2.75, 3.05) is 18.0 Å². The maximum Gasteiger partial charge on any atom is 0.122 e. The van der Waals surface area contributed by atoms with Crippen molar-refractivity contribution in [2.24, 2.45) is 5.73 Å². The molecule has 0 unspecified atom stereocenters. The lowest BCUT2D eigenvalue weighted by Gasteiger charge is -2.22. The minimum Gasteiger partial charge on any atom is -0.508 e. The Bertz CT molecular complexity index is 381. The van der Waals surface area contributed by atoms with Crippen LogP contribution in [0.1, 0.15) is 58.1 Å². The molecule has 0 fully saturated rings. The van der Waals surface area contributed by atoms with Crippen LogP contribution in [0, 0.1) is 0 Å². The molecule has 1 aromatic rings. The molecule has 0 aliphatic rings. The smallest absolute Gasteiger partial charge is 0.122 e. The highest BCUT2D eigenvalue weighted by molar-refractivity contribution is 5.85. The van der Waals surface area contributed by atoms with Crippen molar-refractivity contribution in [3.05, 3.63) is 23.8 Å². The number of aromatic hydroxyl groups is 1. The van der Waals surface area contributed by atoms with Crippen LogP contribution >= 0.6 is 12.4 Å². The van der Waals surface area contributed by atoms with Crippen LogP contribution in [0.15, 0.2) is 18.2 Å². The number of benzene rings is 1. The molecule has 1 rings (SSSR count). The van der Waals surface area contributed by atoms with Gasteiger partial charge < -0.3 is 15.7 Å². The third-order valence-corrected chi connectivity index (χ3v) is 3.66. The van der Waals surface area contributed by atoms with Gasteiger partial charge in [-0.25, -0.2) is 0 Å². The van der Waals surface area contributed by atoms with E-state index in [1.54, 1.807) is 0 Å². The summed E-state index contributed by atoms with van der Waals surface area (Å²) in [6.45, 7) is 8.30. The van der Waals surface area contributed by atoms with Crippen molar-refractivity contribution in [3.8, 4) is 5.75 Å². The van der Waals surface area contributed by atoms with Crippen LogP contribution in [0.25, 0.3) is 0 Å². The molecule has 1 atom stereocenters. The van der Waals surface area contributed by atoms with Gasteiger partial charge in [-0.2, -0.15) is 0 Å². The minimum absolute atomic E-state index is 0. The zero-order valence-electron chi connectivity index (χ0n) is 12.9. The average molecular weight is 301 g/mol. The molecule has 116 valence electrons. The standard InChI is InChI=1S/C16H28N2O.ClH/c1-4-7-8-9-15(17)14-11-10-13(12-16(14)19)18(5-2)6-3;/h10-12,15,19H,4-9,17H2,1-3H3;1H/t15-;/m1./s1. The summed E-state index contributed by atoms with van der Waals surface area (Å²) in [7, 11) is 0. The molecule has 0 bridgehead atoms. The molecule has 0 heterocycles. The molecular weight excluding hydrogens is 272 g/mol. The van der Waals surface area contributed by atoms with E-state index in [0.29, 0.717) is 5.75 Å². The highest BCUT2D eigenvalue weighted by Gasteiger charge is 2.12. The van der Waals surface area contributed by atoms with Gasteiger partial charge in [0.05, 0.1) is 0 Å². The molecule has 0 saturated carbocycles. The molecule has 4 heteroatoms. The number of hydrogen-bond donors (Lipinski definition) is 2. The fourth-order valence-electron chi connectivity index (χ4n) is 2.40. The minimum atomic E-state index is -0.0581. The molecule has 0 amide bonds. The maximum absolute atomic E-state index is 10.2. The first-order chi connectivity index (χ1) is 9.13. The molecule has 0 aliphatic heterocycles. The van der Waals surface area contributed by atoms with Gasteiger partial charge in [-0.05, 0) is 26.3 Å². The molecule has 20 heavy (non-hydrogen) atoms. The van der Waals surface area contributed by atoms with Crippen molar-refractivity contribution in [1.29, 1.82) is 0 Å². The number of phenols is 1. The van der Waals surface area contributed by atoms with E-state index in [2.05, 4.69) is 31.7 Å². The predicted octanol–water partition coefficient (Wildman–Crippen LogP) is 4.24. The summed E-state index contributed by atoms with van der Waals surface area (Å²) >= 11 is 0. The van der Waals surface area contributed by atoms with Crippen molar-refractivity contribution in [2.45, 2.75) is 52.5 Å². The molecule has 0 saturated heterocycles. The normalized spacial score (nSPS) is 11.8. The quantitative estimate of drug-likeness (QED) is 0.706. The van der Waals surface area contributed by atoms with Crippen LogP contribution < -0.4 is 10.6 Å². The molecule has 3 nitrogen and oxygen atoms in total. The molecule has 1 aromatic carbocycles. The van der Waals surface area contributed by atoms with Crippen molar-refractivity contribution < 1.29 is 5.11 Å². The lowest BCUT2D eigenvalue weighted by Crippen LogP contribution is -2.21. The highest BCUT2D eigenvalue weighted by atomic mass is 35.5. The van der Waals surface area contributed by atoms with Crippen LogP contribution in [0.5, 0.6) is 5.75 Å². The van der Waals surface area contributed by atoms with E-state index in [4.69, 9.17) is 5.73 Å². The summed E-state index contributed by atoms with van der Waals surface area (Å²) in [5.74, 6) is 0.327. The van der Waals surface area contributed by atoms with E-state index in [0.717, 1.165) is 37.2 Å². The molecule has 0 aliphatic carbocycles. The van der Waals surface area contributed by atoms with Gasteiger partial charge in [-0.15, -0.1) is 12.4 Å². The number of hydrogen-bond acceptors (Lipinski definition) is 3. The number of phenolic OH excluding ortho intramolecular Hbond substituents is 1. The Kier molecular flexibility index (Phi) is 9.43. The zero-order chi connectivity index (χ0) is 14.3. The topological polar surface area (TPSA) is 49.5 Å². The van der Waals surface area contributed by atoms with Gasteiger partial charge in [0, 0.05) is 36.4 Å². The van der Waals surface area contributed by atoms with Crippen LogP contribution in [-0.4, -0.2) is 18.2 Å². The van der Waals surface area contributed by atoms with Crippen LogP contribution in [0.3, 0.4) is 0 Å². The van der Waals surface area contributed by atoms with Crippen molar-refractivity contribution in [3.63, 3.8) is 0 Å². The Morgan fingerprint density at radius 2 is 1.80 bits per heavy atom. The second kappa shape index (κ2) is 9.89. The Morgan fingerprint density at radius 3 is 2.30 bits per heavy atom. The largest absolute Gasteiger partial charge is 0.508 e. The van der Waals surface area contributed by atoms with Crippen LogP contribution in [0.2, 0.25) is 0 Å². The van der Waals surface area contributed by atoms with Gasteiger partial charge in [-0.1, -0.05) is 32.3 Å². The van der Waals surface area contributed by atoms with Crippen LogP contribution in [0.4, 0.5) is 5.69 Å². The fraction of sp³-hybridized carbons (Fsp3) is 0.625. The lowest BCUT2D eigenvalue weighted by atomic mass is 10.00. The summed E-state index contributed by atoms with van der Waals surface area (Å²) in [5.41, 5.74) is 8.08. The van der Waals surface area contributed by atoms with Gasteiger partial charge >= 0.3 is 0 Å². The van der Waals surface area contributed by atoms with E-state index in [-0.39, 0.29) is 18.4 Å². The van der Waals surface area contributed by atoms with Gasteiger partial charge in [0.2, 0.25) is 0 Å². The Hall–Kier alpha value is -0.930. The first kappa shape index (κ1) is 19.1. The number of nitrogens with two attached hydrogens (primary N) is 1. The maximum atomic E-state index is 10.2. The average Bonchev–Trinajstić information content (AvgIpc) is 2.40. The molecule has 0 aromatic heterocycles. The third-order valence-electron chi connectivity index (χ3n) is 3.66. The van der Waals surface area contributed by atoms with E-state index in [1.165, 1.54) is 12.8 Å². The Morgan fingerprint density at radius 1 is 1.15 bits per heavy atom. The lowest BCUT2D eigenvalue weighted by molar-refractivity contribution is 0.455. The van der Waals surface area contributed by atoms with Gasteiger partial charge in [0.15, 0.2) is 0 Å².